The number of nitrogens with two attached hydrogens (primary N) is 1. The van der Waals surface area contributed by atoms with E-state index in [1.54, 1.807) is 0 Å². The second-order valence-corrected chi connectivity index (χ2v) is 7.51. The molecule has 0 fully saturated rings. The van der Waals surface area contributed by atoms with Crippen molar-refractivity contribution in [1.82, 2.24) is 0 Å². The summed E-state index contributed by atoms with van der Waals surface area (Å²) in [7, 11) is 0. The van der Waals surface area contributed by atoms with Crippen molar-refractivity contribution in [3.05, 3.63) is 0 Å². The van der Waals surface area contributed by atoms with Crippen LogP contribution in [0.15, 0.2) is 0 Å². The maximum absolute atomic E-state index is 5.81. The molecule has 0 bridgehead atoms. The van der Waals surface area contributed by atoms with Crippen LogP contribution in [0.25, 0.3) is 0 Å². The third kappa shape index (κ3) is 7.65. The summed E-state index contributed by atoms with van der Waals surface area (Å²) in [5.41, 5.74) is 5.81. The maximum Gasteiger partial charge on any atom is 0.108 e. The molecule has 0 aliphatic carbocycles. The first-order chi connectivity index (χ1) is 6.16. The topological polar surface area (TPSA) is 35.2 Å². The van der Waals surface area contributed by atoms with Gasteiger partial charge in [-0.05, 0) is 20.3 Å². The van der Waals surface area contributed by atoms with Crippen molar-refractivity contribution < 1.29 is 4.74 Å². The zero-order chi connectivity index (χ0) is 11.4. The van der Waals surface area contributed by atoms with E-state index in [1.807, 2.05) is 11.8 Å². The summed E-state index contributed by atoms with van der Waals surface area (Å²) in [6.07, 6.45) is 0.969. The van der Waals surface area contributed by atoms with Gasteiger partial charge in [0.15, 0.2) is 0 Å². The predicted molar refractivity (Wildman–Crippen MR) is 65.6 cm³/mol. The quantitative estimate of drug-likeness (QED) is 0.722. The fraction of sp³-hybridized carbons (Fsp3) is 1.00. The van der Waals surface area contributed by atoms with Crippen molar-refractivity contribution in [2.24, 2.45) is 5.73 Å². The van der Waals surface area contributed by atoms with Crippen LogP contribution in [-0.2, 0) is 4.74 Å². The third-order valence-corrected chi connectivity index (χ3v) is 2.94. The molecular formula is C11H25NOS. The standard InChI is InChI=1S/C11H25NOS/c1-7-9(12)8-13-11(5,6)14-10(2,3)4/h9H,7-8,12H2,1-6H3. The van der Waals surface area contributed by atoms with Gasteiger partial charge < -0.3 is 10.5 Å². The van der Waals surface area contributed by atoms with E-state index in [0.29, 0.717) is 6.61 Å². The Morgan fingerprint density at radius 3 is 2.07 bits per heavy atom. The minimum absolute atomic E-state index is 0.148. The molecule has 1 atom stereocenters. The van der Waals surface area contributed by atoms with Gasteiger partial charge in [-0.3, -0.25) is 0 Å². The van der Waals surface area contributed by atoms with Crippen LogP contribution >= 0.6 is 11.8 Å². The third-order valence-electron chi connectivity index (χ3n) is 1.72. The largest absolute Gasteiger partial charge is 0.363 e. The molecule has 0 aromatic heterocycles. The van der Waals surface area contributed by atoms with Crippen LogP contribution in [0.1, 0.15) is 48.0 Å². The molecule has 0 rings (SSSR count). The lowest BCUT2D eigenvalue weighted by atomic mass is 10.2. The fourth-order valence-corrected chi connectivity index (χ4v) is 2.79. The molecule has 2 N–H and O–H groups in total. The molecule has 0 saturated heterocycles. The molecule has 0 aliphatic heterocycles. The lowest BCUT2D eigenvalue weighted by Crippen LogP contribution is -2.33. The van der Waals surface area contributed by atoms with Gasteiger partial charge in [-0.15, -0.1) is 11.8 Å². The average Bonchev–Trinajstić information content (AvgIpc) is 1.96. The molecule has 2 nitrogen and oxygen atoms in total. The van der Waals surface area contributed by atoms with Gasteiger partial charge in [0.2, 0.25) is 0 Å². The van der Waals surface area contributed by atoms with Crippen molar-refractivity contribution in [3.63, 3.8) is 0 Å². The van der Waals surface area contributed by atoms with Gasteiger partial charge in [0.1, 0.15) is 4.93 Å². The SMILES string of the molecule is CCC(N)COC(C)(C)SC(C)(C)C. The number of hydrogen-bond donors (Lipinski definition) is 1. The van der Waals surface area contributed by atoms with E-state index < -0.39 is 0 Å². The van der Waals surface area contributed by atoms with E-state index in [-0.39, 0.29) is 15.7 Å². The van der Waals surface area contributed by atoms with E-state index in [9.17, 15) is 0 Å². The Morgan fingerprint density at radius 1 is 1.21 bits per heavy atom. The van der Waals surface area contributed by atoms with Gasteiger partial charge in [-0.2, -0.15) is 0 Å². The van der Waals surface area contributed by atoms with Gasteiger partial charge in [0.05, 0.1) is 6.61 Å². The molecule has 0 saturated carbocycles. The van der Waals surface area contributed by atoms with E-state index in [4.69, 9.17) is 10.5 Å². The molecule has 0 aromatic carbocycles. The van der Waals surface area contributed by atoms with Gasteiger partial charge in [0, 0.05) is 10.8 Å². The van der Waals surface area contributed by atoms with E-state index in [1.165, 1.54) is 0 Å². The highest BCUT2D eigenvalue weighted by atomic mass is 32.2. The van der Waals surface area contributed by atoms with Crippen LogP contribution in [0.3, 0.4) is 0 Å². The average molecular weight is 219 g/mol. The molecule has 14 heavy (non-hydrogen) atoms. The molecule has 0 spiro atoms. The van der Waals surface area contributed by atoms with Crippen LogP contribution in [0, 0.1) is 0 Å². The summed E-state index contributed by atoms with van der Waals surface area (Å²) in [5, 5.41) is 0. The van der Waals surface area contributed by atoms with Crippen molar-refractivity contribution in [2.75, 3.05) is 6.61 Å². The van der Waals surface area contributed by atoms with Gasteiger partial charge in [-0.1, -0.05) is 27.7 Å². The Kier molecular flexibility index (Phi) is 5.48. The van der Waals surface area contributed by atoms with Crippen molar-refractivity contribution in [3.8, 4) is 0 Å². The Balaban J connectivity index is 3.95. The second-order valence-electron chi connectivity index (χ2n) is 5.09. The molecule has 86 valence electrons. The molecule has 0 radical (unpaired) electrons. The smallest absolute Gasteiger partial charge is 0.108 e. The van der Waals surface area contributed by atoms with Crippen LogP contribution in [0.5, 0.6) is 0 Å². The van der Waals surface area contributed by atoms with E-state index in [0.717, 1.165) is 6.42 Å². The lowest BCUT2D eigenvalue weighted by molar-refractivity contribution is 0.0418. The zero-order valence-corrected chi connectivity index (χ0v) is 11.2. The highest BCUT2D eigenvalue weighted by molar-refractivity contribution is 8.01. The number of thioether (sulfide) groups is 1. The molecule has 0 amide bonds. The molecule has 0 aromatic rings. The second kappa shape index (κ2) is 5.38. The zero-order valence-electron chi connectivity index (χ0n) is 10.4. The minimum Gasteiger partial charge on any atom is -0.363 e. The Hall–Kier alpha value is 0.270. The van der Waals surface area contributed by atoms with Crippen LogP contribution in [0.4, 0.5) is 0 Å². The normalized spacial score (nSPS) is 15.6. The summed E-state index contributed by atoms with van der Waals surface area (Å²) in [6, 6.07) is 0.162. The van der Waals surface area contributed by atoms with Gasteiger partial charge in [-0.25, -0.2) is 0 Å². The Bertz CT molecular complexity index is 163. The highest BCUT2D eigenvalue weighted by Crippen LogP contribution is 2.36. The monoisotopic (exact) mass is 219 g/mol. The molecule has 1 unspecified atom stereocenters. The molecular weight excluding hydrogens is 194 g/mol. The maximum atomic E-state index is 5.81. The van der Waals surface area contributed by atoms with Crippen molar-refractivity contribution in [1.29, 1.82) is 0 Å². The predicted octanol–water partition coefficient (Wildman–Crippen LogP) is 3.01. The first kappa shape index (κ1) is 14.3. The van der Waals surface area contributed by atoms with E-state index >= 15 is 0 Å². The fourth-order valence-electron chi connectivity index (χ4n) is 1.19. The summed E-state index contributed by atoms with van der Waals surface area (Å²) >= 11 is 1.83. The highest BCUT2D eigenvalue weighted by Gasteiger charge is 2.27. The lowest BCUT2D eigenvalue weighted by Gasteiger charge is -2.32. The van der Waals surface area contributed by atoms with Crippen molar-refractivity contribution in [2.45, 2.75) is 63.7 Å². The summed E-state index contributed by atoms with van der Waals surface area (Å²) < 4.78 is 6.02. The molecule has 3 heteroatoms. The Morgan fingerprint density at radius 2 is 1.71 bits per heavy atom. The first-order valence-corrected chi connectivity index (χ1v) is 6.07. The summed E-state index contributed by atoms with van der Waals surface area (Å²) in [6.45, 7) is 13.5. The number of ether oxygens (including phenoxy) is 1. The van der Waals surface area contributed by atoms with Crippen LogP contribution in [-0.4, -0.2) is 22.3 Å². The summed E-state index contributed by atoms with van der Waals surface area (Å²) in [4.78, 5) is -0.148. The van der Waals surface area contributed by atoms with Gasteiger partial charge >= 0.3 is 0 Å². The van der Waals surface area contributed by atoms with Gasteiger partial charge in [0.25, 0.3) is 0 Å². The molecule has 0 aliphatic rings. The minimum atomic E-state index is -0.148. The first-order valence-electron chi connectivity index (χ1n) is 5.26. The van der Waals surface area contributed by atoms with Crippen LogP contribution < -0.4 is 5.73 Å². The van der Waals surface area contributed by atoms with Crippen molar-refractivity contribution >= 4 is 11.8 Å². The number of hydrogen-bond acceptors (Lipinski definition) is 3. The number of rotatable bonds is 5. The van der Waals surface area contributed by atoms with E-state index in [2.05, 4.69) is 41.5 Å². The molecule has 0 heterocycles. The Labute approximate surface area is 93.0 Å². The van der Waals surface area contributed by atoms with Crippen LogP contribution in [0.2, 0.25) is 0 Å². The summed E-state index contributed by atoms with van der Waals surface area (Å²) in [5.74, 6) is 0.